The molecule has 0 aliphatic carbocycles. The normalized spacial score (nSPS) is 18.3. The summed E-state index contributed by atoms with van der Waals surface area (Å²) < 4.78 is 0. The molecule has 2 unspecified atom stereocenters. The summed E-state index contributed by atoms with van der Waals surface area (Å²) in [6.45, 7) is 8.24. The molecule has 1 aliphatic rings. The van der Waals surface area contributed by atoms with Crippen LogP contribution in [0.5, 0.6) is 0 Å². The molecule has 4 atom stereocenters. The summed E-state index contributed by atoms with van der Waals surface area (Å²) in [5.74, 6) is 4.57. The first-order chi connectivity index (χ1) is 15.6. The van der Waals surface area contributed by atoms with Crippen LogP contribution >= 0.6 is 0 Å². The molecule has 0 aromatic heterocycles. The molecule has 7 nitrogen and oxygen atoms in total. The summed E-state index contributed by atoms with van der Waals surface area (Å²) in [7, 11) is 0. The zero-order valence-electron chi connectivity index (χ0n) is 20.1. The largest absolute Gasteiger partial charge is 0.393 e. The molecule has 1 aromatic rings. The van der Waals surface area contributed by atoms with Gasteiger partial charge < -0.3 is 21.1 Å². The highest BCUT2D eigenvalue weighted by Crippen LogP contribution is 2.24. The molecule has 0 saturated carbocycles. The summed E-state index contributed by atoms with van der Waals surface area (Å²) in [6.07, 6.45) is 2.14. The highest BCUT2D eigenvalue weighted by Gasteiger charge is 2.29. The number of rotatable bonds is 9. The predicted octanol–water partition coefficient (Wildman–Crippen LogP) is 2.11. The number of amides is 3. The van der Waals surface area contributed by atoms with Gasteiger partial charge in [-0.15, -0.1) is 0 Å². The zero-order valence-corrected chi connectivity index (χ0v) is 20.1. The molecule has 180 valence electrons. The number of benzene rings is 1. The lowest BCUT2D eigenvalue weighted by atomic mass is 9.87. The van der Waals surface area contributed by atoms with Crippen LogP contribution in [-0.4, -0.2) is 48.1 Å². The summed E-state index contributed by atoms with van der Waals surface area (Å²) in [6, 6.07) is 8.31. The fourth-order valence-electron chi connectivity index (χ4n) is 3.85. The van der Waals surface area contributed by atoms with Crippen molar-refractivity contribution in [2.24, 2.45) is 11.3 Å². The third-order valence-corrected chi connectivity index (χ3v) is 5.64. The number of aliphatic hydroxyl groups excluding tert-OH is 1. The maximum atomic E-state index is 13.0. The molecule has 3 amide bonds. The molecular weight excluding hydrogens is 418 g/mol. The van der Waals surface area contributed by atoms with Crippen molar-refractivity contribution in [3.05, 3.63) is 35.9 Å². The van der Waals surface area contributed by atoms with E-state index in [0.29, 0.717) is 19.4 Å². The van der Waals surface area contributed by atoms with E-state index in [2.05, 4.69) is 27.8 Å². The molecule has 7 heteroatoms. The highest BCUT2D eigenvalue weighted by molar-refractivity contribution is 5.88. The summed E-state index contributed by atoms with van der Waals surface area (Å²) >= 11 is 0. The monoisotopic (exact) mass is 455 g/mol. The summed E-state index contributed by atoms with van der Waals surface area (Å²) in [5, 5.41) is 18.0. The Morgan fingerprint density at radius 2 is 1.91 bits per heavy atom. The van der Waals surface area contributed by atoms with Gasteiger partial charge in [0.05, 0.1) is 6.61 Å². The Hall–Kier alpha value is -2.85. The van der Waals surface area contributed by atoms with Crippen LogP contribution in [0, 0.1) is 23.2 Å². The van der Waals surface area contributed by atoms with Gasteiger partial charge in [-0.3, -0.25) is 14.4 Å². The van der Waals surface area contributed by atoms with Crippen LogP contribution in [0.2, 0.25) is 0 Å². The Morgan fingerprint density at radius 1 is 1.21 bits per heavy atom. The molecule has 0 spiro atoms. The first kappa shape index (κ1) is 26.4. The van der Waals surface area contributed by atoms with Gasteiger partial charge in [0, 0.05) is 13.0 Å². The maximum absolute atomic E-state index is 13.0. The second kappa shape index (κ2) is 12.4. The Balaban J connectivity index is 2.05. The van der Waals surface area contributed by atoms with Crippen molar-refractivity contribution in [2.75, 3.05) is 13.2 Å². The van der Waals surface area contributed by atoms with Crippen molar-refractivity contribution in [3.8, 4) is 11.8 Å². The molecular formula is C26H37N3O4. The van der Waals surface area contributed by atoms with Crippen molar-refractivity contribution in [1.29, 1.82) is 0 Å². The van der Waals surface area contributed by atoms with Gasteiger partial charge in [-0.1, -0.05) is 69.9 Å². The quantitative estimate of drug-likeness (QED) is 0.428. The Kier molecular flexibility index (Phi) is 9.93. The predicted molar refractivity (Wildman–Crippen MR) is 128 cm³/mol. The molecule has 1 heterocycles. The molecule has 1 aliphatic heterocycles. The van der Waals surface area contributed by atoms with Crippen LogP contribution in [-0.2, 0) is 14.4 Å². The minimum Gasteiger partial charge on any atom is -0.393 e. The molecule has 0 bridgehead atoms. The molecule has 0 radical (unpaired) electrons. The van der Waals surface area contributed by atoms with E-state index >= 15 is 0 Å². The van der Waals surface area contributed by atoms with Crippen LogP contribution in [0.4, 0.5) is 0 Å². The van der Waals surface area contributed by atoms with Crippen LogP contribution in [0.15, 0.2) is 30.3 Å². The van der Waals surface area contributed by atoms with E-state index in [4.69, 9.17) is 0 Å². The molecule has 1 aromatic carbocycles. The van der Waals surface area contributed by atoms with Crippen molar-refractivity contribution in [1.82, 2.24) is 16.0 Å². The highest BCUT2D eigenvalue weighted by atomic mass is 16.3. The SMILES string of the molecule is CCC(CC(=O)N[C@@H](CC(C)(C)C)C(=O)NC(C#C[C@@H]1CCNC1=O)CO)c1ccccc1. The lowest BCUT2D eigenvalue weighted by Gasteiger charge is -2.27. The van der Waals surface area contributed by atoms with E-state index in [1.54, 1.807) is 0 Å². The molecule has 4 N–H and O–H groups in total. The van der Waals surface area contributed by atoms with Crippen molar-refractivity contribution in [3.63, 3.8) is 0 Å². The number of carbonyl (C=O) groups is 3. The van der Waals surface area contributed by atoms with E-state index in [0.717, 1.165) is 12.0 Å². The number of nitrogens with one attached hydrogen (secondary N) is 3. The van der Waals surface area contributed by atoms with Gasteiger partial charge in [-0.05, 0) is 36.2 Å². The van der Waals surface area contributed by atoms with Crippen LogP contribution in [0.25, 0.3) is 0 Å². The number of aliphatic hydroxyl groups is 1. The fourth-order valence-corrected chi connectivity index (χ4v) is 3.85. The van der Waals surface area contributed by atoms with Gasteiger partial charge >= 0.3 is 0 Å². The second-order valence-corrected chi connectivity index (χ2v) is 9.77. The Bertz CT molecular complexity index is 867. The van der Waals surface area contributed by atoms with Gasteiger partial charge in [0.1, 0.15) is 18.0 Å². The standard InChI is InChI=1S/C26H37N3O4/c1-5-18(19-9-7-6-8-10-19)15-23(31)29-22(16-26(2,3)4)25(33)28-21(17-30)12-11-20-13-14-27-24(20)32/h6-10,18,20-22,30H,5,13-17H2,1-4H3,(H,27,32)(H,28,33)(H,29,31)/t18?,20-,21?,22+/m1/s1. The molecule has 2 rings (SSSR count). The average Bonchev–Trinajstić information content (AvgIpc) is 3.18. The first-order valence-electron chi connectivity index (χ1n) is 11.7. The lowest BCUT2D eigenvalue weighted by Crippen LogP contribution is -2.51. The minimum atomic E-state index is -0.807. The third kappa shape index (κ3) is 8.89. The lowest BCUT2D eigenvalue weighted by molar-refractivity contribution is -0.130. The van der Waals surface area contributed by atoms with E-state index in [9.17, 15) is 19.5 Å². The zero-order chi connectivity index (χ0) is 24.4. The Morgan fingerprint density at radius 3 is 2.45 bits per heavy atom. The van der Waals surface area contributed by atoms with Crippen LogP contribution < -0.4 is 16.0 Å². The number of carbonyl (C=O) groups excluding carboxylic acids is 3. The number of hydrogen-bond donors (Lipinski definition) is 4. The Labute approximate surface area is 197 Å². The van der Waals surface area contributed by atoms with Crippen LogP contribution in [0.3, 0.4) is 0 Å². The number of hydrogen-bond acceptors (Lipinski definition) is 4. The van der Waals surface area contributed by atoms with Gasteiger partial charge in [0.2, 0.25) is 17.7 Å². The van der Waals surface area contributed by atoms with Crippen molar-refractivity contribution >= 4 is 17.7 Å². The summed E-state index contributed by atoms with van der Waals surface area (Å²) in [4.78, 5) is 37.6. The smallest absolute Gasteiger partial charge is 0.243 e. The van der Waals surface area contributed by atoms with E-state index < -0.39 is 23.9 Å². The summed E-state index contributed by atoms with van der Waals surface area (Å²) in [5.41, 5.74) is 0.889. The topological polar surface area (TPSA) is 108 Å². The van der Waals surface area contributed by atoms with Crippen molar-refractivity contribution in [2.45, 2.75) is 71.4 Å². The van der Waals surface area contributed by atoms with E-state index in [1.807, 2.05) is 58.0 Å². The fraction of sp³-hybridized carbons (Fsp3) is 0.577. The van der Waals surface area contributed by atoms with Gasteiger partial charge in [-0.25, -0.2) is 0 Å². The minimum absolute atomic E-state index is 0.0677. The first-order valence-corrected chi connectivity index (χ1v) is 11.7. The molecule has 33 heavy (non-hydrogen) atoms. The average molecular weight is 456 g/mol. The van der Waals surface area contributed by atoms with Gasteiger partial charge in [0.25, 0.3) is 0 Å². The van der Waals surface area contributed by atoms with E-state index in [1.165, 1.54) is 0 Å². The third-order valence-electron chi connectivity index (χ3n) is 5.64. The molecule has 1 fully saturated rings. The van der Waals surface area contributed by atoms with E-state index in [-0.39, 0.29) is 36.2 Å². The van der Waals surface area contributed by atoms with Gasteiger partial charge in [0.15, 0.2) is 0 Å². The second-order valence-electron chi connectivity index (χ2n) is 9.77. The molecule has 1 saturated heterocycles. The maximum Gasteiger partial charge on any atom is 0.243 e. The van der Waals surface area contributed by atoms with Crippen molar-refractivity contribution < 1.29 is 19.5 Å². The van der Waals surface area contributed by atoms with Crippen LogP contribution in [0.1, 0.15) is 64.9 Å². The van der Waals surface area contributed by atoms with Gasteiger partial charge in [-0.2, -0.15) is 0 Å².